The molecule has 1 aromatic carbocycles. The third-order valence-corrected chi connectivity index (χ3v) is 4.83. The normalized spacial score (nSPS) is 15.8. The molecule has 1 aromatic heterocycles. The van der Waals surface area contributed by atoms with Gasteiger partial charge >= 0.3 is 0 Å². The fraction of sp³-hybridized carbons (Fsp3) is 0.353. The van der Waals surface area contributed by atoms with E-state index in [0.717, 1.165) is 19.0 Å². The van der Waals surface area contributed by atoms with Crippen molar-refractivity contribution >= 4 is 41.3 Å². The number of benzene rings is 1. The second kappa shape index (κ2) is 7.97. The zero-order valence-electron chi connectivity index (χ0n) is 12.7. The summed E-state index contributed by atoms with van der Waals surface area (Å²) in [5.74, 6) is 0.878. The molecule has 0 unspecified atom stereocenters. The Balaban J connectivity index is 0.00000176. The Morgan fingerprint density at radius 2 is 1.95 bits per heavy atom. The highest BCUT2D eigenvalue weighted by molar-refractivity contribution is 14.0. The number of halogens is 1. The summed E-state index contributed by atoms with van der Waals surface area (Å²) in [5.41, 5.74) is 3.04. The SMILES string of the molecule is CN=C(NCc1ccsc1)NCC1(c2ccccc2)CC1.I. The molecule has 0 saturated heterocycles. The van der Waals surface area contributed by atoms with Gasteiger partial charge in [-0.3, -0.25) is 4.99 Å². The molecule has 1 aliphatic carbocycles. The molecule has 0 spiro atoms. The van der Waals surface area contributed by atoms with Crippen molar-refractivity contribution in [3.8, 4) is 0 Å². The first-order valence-corrected chi connectivity index (χ1v) is 8.28. The summed E-state index contributed by atoms with van der Waals surface area (Å²) in [4.78, 5) is 4.31. The Morgan fingerprint density at radius 1 is 1.18 bits per heavy atom. The number of aliphatic imine (C=N–C) groups is 1. The van der Waals surface area contributed by atoms with Crippen molar-refractivity contribution in [1.29, 1.82) is 0 Å². The molecule has 1 fully saturated rings. The lowest BCUT2D eigenvalue weighted by molar-refractivity contribution is 0.645. The predicted molar refractivity (Wildman–Crippen MR) is 105 cm³/mol. The van der Waals surface area contributed by atoms with Crippen LogP contribution < -0.4 is 10.6 Å². The predicted octanol–water partition coefficient (Wildman–Crippen LogP) is 3.76. The lowest BCUT2D eigenvalue weighted by atomic mass is 9.96. The molecule has 3 nitrogen and oxygen atoms in total. The molecular weight excluding hydrogens is 405 g/mol. The van der Waals surface area contributed by atoms with Gasteiger partial charge in [0.1, 0.15) is 0 Å². The summed E-state index contributed by atoms with van der Waals surface area (Å²) in [6.07, 6.45) is 2.51. The van der Waals surface area contributed by atoms with Crippen LogP contribution in [0.3, 0.4) is 0 Å². The summed E-state index contributed by atoms with van der Waals surface area (Å²) in [7, 11) is 1.82. The molecule has 5 heteroatoms. The Bertz CT molecular complexity index is 592. The van der Waals surface area contributed by atoms with E-state index in [0.29, 0.717) is 5.41 Å². The van der Waals surface area contributed by atoms with Crippen molar-refractivity contribution in [3.63, 3.8) is 0 Å². The van der Waals surface area contributed by atoms with Gasteiger partial charge in [-0.05, 0) is 40.8 Å². The van der Waals surface area contributed by atoms with Gasteiger partial charge in [-0.25, -0.2) is 0 Å². The Labute approximate surface area is 153 Å². The molecule has 0 radical (unpaired) electrons. The molecule has 0 atom stereocenters. The fourth-order valence-electron chi connectivity index (χ4n) is 2.56. The van der Waals surface area contributed by atoms with Crippen LogP contribution in [0.15, 0.2) is 52.2 Å². The van der Waals surface area contributed by atoms with Gasteiger partial charge in [-0.1, -0.05) is 30.3 Å². The maximum atomic E-state index is 4.31. The van der Waals surface area contributed by atoms with E-state index in [1.54, 1.807) is 11.3 Å². The van der Waals surface area contributed by atoms with Crippen molar-refractivity contribution in [2.24, 2.45) is 4.99 Å². The number of hydrogen-bond donors (Lipinski definition) is 2. The van der Waals surface area contributed by atoms with E-state index >= 15 is 0 Å². The molecule has 2 aromatic rings. The van der Waals surface area contributed by atoms with Gasteiger partial charge in [0.2, 0.25) is 0 Å². The van der Waals surface area contributed by atoms with Crippen LogP contribution in [0.4, 0.5) is 0 Å². The van der Waals surface area contributed by atoms with Crippen LogP contribution in [-0.2, 0) is 12.0 Å². The molecule has 1 saturated carbocycles. The number of guanidine groups is 1. The maximum Gasteiger partial charge on any atom is 0.191 e. The van der Waals surface area contributed by atoms with Crippen molar-refractivity contribution in [2.45, 2.75) is 24.8 Å². The van der Waals surface area contributed by atoms with Crippen molar-refractivity contribution < 1.29 is 0 Å². The van der Waals surface area contributed by atoms with E-state index in [4.69, 9.17) is 0 Å². The van der Waals surface area contributed by atoms with Crippen LogP contribution in [0.25, 0.3) is 0 Å². The van der Waals surface area contributed by atoms with Crippen LogP contribution in [-0.4, -0.2) is 19.6 Å². The van der Waals surface area contributed by atoms with Crippen LogP contribution >= 0.6 is 35.3 Å². The monoisotopic (exact) mass is 427 g/mol. The average molecular weight is 427 g/mol. The highest BCUT2D eigenvalue weighted by Gasteiger charge is 2.43. The zero-order valence-corrected chi connectivity index (χ0v) is 15.9. The molecular formula is C17H22IN3S. The summed E-state index contributed by atoms with van der Waals surface area (Å²) < 4.78 is 0. The van der Waals surface area contributed by atoms with Crippen molar-refractivity contribution in [3.05, 3.63) is 58.3 Å². The lowest BCUT2D eigenvalue weighted by Gasteiger charge is -2.19. The fourth-order valence-corrected chi connectivity index (χ4v) is 3.23. The van der Waals surface area contributed by atoms with Gasteiger partial charge in [0.15, 0.2) is 5.96 Å². The highest BCUT2D eigenvalue weighted by Crippen LogP contribution is 2.47. The van der Waals surface area contributed by atoms with Gasteiger partial charge in [-0.15, -0.1) is 24.0 Å². The topological polar surface area (TPSA) is 36.4 Å². The second-order valence-electron chi connectivity index (χ2n) is 5.56. The highest BCUT2D eigenvalue weighted by atomic mass is 127. The number of nitrogens with zero attached hydrogens (tertiary/aromatic N) is 1. The number of nitrogens with one attached hydrogen (secondary N) is 2. The third kappa shape index (κ3) is 4.23. The van der Waals surface area contributed by atoms with Gasteiger partial charge in [0.25, 0.3) is 0 Å². The van der Waals surface area contributed by atoms with E-state index in [-0.39, 0.29) is 24.0 Å². The van der Waals surface area contributed by atoms with Crippen molar-refractivity contribution in [1.82, 2.24) is 10.6 Å². The maximum absolute atomic E-state index is 4.31. The molecule has 0 bridgehead atoms. The molecule has 22 heavy (non-hydrogen) atoms. The quantitative estimate of drug-likeness (QED) is 0.433. The summed E-state index contributed by atoms with van der Waals surface area (Å²) in [5, 5.41) is 11.1. The molecule has 118 valence electrons. The van der Waals surface area contributed by atoms with Gasteiger partial charge in [-0.2, -0.15) is 11.3 Å². The Kier molecular flexibility index (Phi) is 6.26. The van der Waals surface area contributed by atoms with Crippen LogP contribution in [0.2, 0.25) is 0 Å². The molecule has 2 N–H and O–H groups in total. The standard InChI is InChI=1S/C17H21N3S.HI/c1-18-16(19-11-14-7-10-21-12-14)20-13-17(8-9-17)15-5-3-2-4-6-15;/h2-7,10,12H,8-9,11,13H2,1H3,(H2,18,19,20);1H. The minimum absolute atomic E-state index is 0. The van der Waals surface area contributed by atoms with Crippen molar-refractivity contribution in [2.75, 3.05) is 13.6 Å². The first kappa shape index (κ1) is 17.3. The van der Waals surface area contributed by atoms with Gasteiger partial charge in [0, 0.05) is 25.6 Å². The van der Waals surface area contributed by atoms with E-state index in [1.165, 1.54) is 24.0 Å². The molecule has 0 amide bonds. The minimum atomic E-state index is 0. The van der Waals surface area contributed by atoms with Crippen LogP contribution in [0, 0.1) is 0 Å². The van der Waals surface area contributed by atoms with Gasteiger partial charge < -0.3 is 10.6 Å². The third-order valence-electron chi connectivity index (χ3n) is 4.10. The number of hydrogen-bond acceptors (Lipinski definition) is 2. The van der Waals surface area contributed by atoms with Crippen LogP contribution in [0.1, 0.15) is 24.0 Å². The summed E-state index contributed by atoms with van der Waals surface area (Å²) in [6, 6.07) is 12.9. The lowest BCUT2D eigenvalue weighted by Crippen LogP contribution is -2.40. The van der Waals surface area contributed by atoms with Crippen LogP contribution in [0.5, 0.6) is 0 Å². The largest absolute Gasteiger partial charge is 0.356 e. The number of thiophene rings is 1. The summed E-state index contributed by atoms with van der Waals surface area (Å²) >= 11 is 1.72. The second-order valence-corrected chi connectivity index (χ2v) is 6.34. The minimum Gasteiger partial charge on any atom is -0.356 e. The van der Waals surface area contributed by atoms with Gasteiger partial charge in [0.05, 0.1) is 0 Å². The smallest absolute Gasteiger partial charge is 0.191 e. The van der Waals surface area contributed by atoms with E-state index in [1.807, 2.05) is 7.05 Å². The Hall–Kier alpha value is -1.08. The molecule has 1 aliphatic rings. The number of rotatable bonds is 5. The van der Waals surface area contributed by atoms with E-state index in [9.17, 15) is 0 Å². The zero-order chi connectivity index (χ0) is 14.5. The molecule has 1 heterocycles. The molecule has 0 aliphatic heterocycles. The average Bonchev–Trinajstić information content (AvgIpc) is 3.15. The summed E-state index contributed by atoms with van der Waals surface area (Å²) in [6.45, 7) is 1.77. The first-order chi connectivity index (χ1) is 10.3. The van der Waals surface area contributed by atoms with E-state index < -0.39 is 0 Å². The molecule has 3 rings (SSSR count). The van der Waals surface area contributed by atoms with E-state index in [2.05, 4.69) is 62.8 Å². The first-order valence-electron chi connectivity index (χ1n) is 7.33. The Morgan fingerprint density at radius 3 is 2.55 bits per heavy atom.